The molecule has 2 aromatic rings. The van der Waals surface area contributed by atoms with Crippen LogP contribution in [0.4, 0.5) is 0 Å². The van der Waals surface area contributed by atoms with Gasteiger partial charge in [-0.3, -0.25) is 0 Å². The molecule has 0 unspecified atom stereocenters. The van der Waals surface area contributed by atoms with Crippen LogP contribution in [0.1, 0.15) is 5.56 Å². The largest absolute Gasteiger partial charge is 0.493 e. The fourth-order valence-electron chi connectivity index (χ4n) is 1.68. The van der Waals surface area contributed by atoms with E-state index in [0.29, 0.717) is 23.1 Å². The molecule has 2 aromatic carbocycles. The van der Waals surface area contributed by atoms with Crippen LogP contribution in [0.5, 0.6) is 5.75 Å². The van der Waals surface area contributed by atoms with Crippen LogP contribution in [-0.4, -0.2) is 12.4 Å². The monoisotopic (exact) mass is 337 g/mol. The number of ether oxygens (including phenoxy) is 1. The molecule has 21 heavy (non-hydrogen) atoms. The summed E-state index contributed by atoms with van der Waals surface area (Å²) in [7, 11) is 0. The summed E-state index contributed by atoms with van der Waals surface area (Å²) in [5, 5.41) is 9.74. The second-order valence-corrected chi connectivity index (χ2v) is 6.23. The van der Waals surface area contributed by atoms with Crippen LogP contribution >= 0.6 is 35.0 Å². The Balaban J connectivity index is 1.76. The summed E-state index contributed by atoms with van der Waals surface area (Å²) in [5.41, 5.74) is 0.995. The third-order valence-electron chi connectivity index (χ3n) is 2.72. The molecule has 0 heterocycles. The zero-order valence-corrected chi connectivity index (χ0v) is 13.5. The Morgan fingerprint density at radius 3 is 2.48 bits per heavy atom. The molecule has 0 N–H and O–H groups in total. The highest BCUT2D eigenvalue weighted by molar-refractivity contribution is 7.99. The second kappa shape index (κ2) is 8.19. The molecule has 0 saturated carbocycles. The second-order valence-electron chi connectivity index (χ2n) is 4.25. The Labute approximate surface area is 138 Å². The Morgan fingerprint density at radius 2 is 1.81 bits per heavy atom. The van der Waals surface area contributed by atoms with Crippen LogP contribution in [0.15, 0.2) is 47.4 Å². The first kappa shape index (κ1) is 16.0. The molecule has 0 spiro atoms. The van der Waals surface area contributed by atoms with Crippen LogP contribution in [0, 0.1) is 11.3 Å². The summed E-state index contributed by atoms with van der Waals surface area (Å²) in [6.45, 7) is 0.600. The molecule has 108 valence electrons. The van der Waals surface area contributed by atoms with Crippen molar-refractivity contribution in [2.45, 2.75) is 11.3 Å². The van der Waals surface area contributed by atoms with Crippen molar-refractivity contribution >= 4 is 35.0 Å². The van der Waals surface area contributed by atoms with Crippen LogP contribution < -0.4 is 4.74 Å². The van der Waals surface area contributed by atoms with E-state index in [4.69, 9.17) is 33.2 Å². The van der Waals surface area contributed by atoms with Gasteiger partial charge in [0, 0.05) is 10.6 Å². The third kappa shape index (κ3) is 5.17. The van der Waals surface area contributed by atoms with Crippen molar-refractivity contribution in [2.24, 2.45) is 0 Å². The molecule has 0 aromatic heterocycles. The van der Waals surface area contributed by atoms with Gasteiger partial charge in [-0.15, -0.1) is 11.8 Å². The summed E-state index contributed by atoms with van der Waals surface area (Å²) in [5.74, 6) is 1.63. The highest BCUT2D eigenvalue weighted by Crippen LogP contribution is 2.27. The lowest BCUT2D eigenvalue weighted by molar-refractivity contribution is 0.344. The van der Waals surface area contributed by atoms with Crippen molar-refractivity contribution in [3.05, 3.63) is 58.1 Å². The van der Waals surface area contributed by atoms with Gasteiger partial charge in [0.1, 0.15) is 5.75 Å². The lowest BCUT2D eigenvalue weighted by Crippen LogP contribution is -2.00. The van der Waals surface area contributed by atoms with E-state index in [1.807, 2.05) is 36.4 Å². The highest BCUT2D eigenvalue weighted by Gasteiger charge is 2.01. The average Bonchev–Trinajstić information content (AvgIpc) is 2.49. The molecular weight excluding hydrogens is 325 g/mol. The van der Waals surface area contributed by atoms with Gasteiger partial charge in [-0.2, -0.15) is 5.26 Å². The SMILES string of the molecule is N#CCc1ccc(OCCSc2ccc(Cl)c(Cl)c2)cc1. The normalized spacial score (nSPS) is 10.1. The molecule has 0 aliphatic heterocycles. The maximum atomic E-state index is 8.61. The van der Waals surface area contributed by atoms with Crippen LogP contribution in [0.2, 0.25) is 10.0 Å². The van der Waals surface area contributed by atoms with Gasteiger partial charge in [0.15, 0.2) is 0 Å². The Kier molecular flexibility index (Phi) is 6.25. The van der Waals surface area contributed by atoms with E-state index in [1.165, 1.54) is 0 Å². The van der Waals surface area contributed by atoms with Crippen molar-refractivity contribution < 1.29 is 4.74 Å². The van der Waals surface area contributed by atoms with Crippen molar-refractivity contribution in [3.8, 4) is 11.8 Å². The molecular formula is C16H13Cl2NOS. The van der Waals surface area contributed by atoms with Gasteiger partial charge >= 0.3 is 0 Å². The molecule has 0 radical (unpaired) electrons. The molecule has 0 saturated heterocycles. The number of thioether (sulfide) groups is 1. The summed E-state index contributed by atoms with van der Waals surface area (Å²) in [4.78, 5) is 1.07. The van der Waals surface area contributed by atoms with E-state index in [2.05, 4.69) is 6.07 Å². The number of hydrogen-bond acceptors (Lipinski definition) is 3. The van der Waals surface area contributed by atoms with Gasteiger partial charge in [-0.05, 0) is 35.9 Å². The van der Waals surface area contributed by atoms with Crippen LogP contribution in [0.25, 0.3) is 0 Å². The minimum Gasteiger partial charge on any atom is -0.493 e. The number of rotatable bonds is 6. The quantitative estimate of drug-likeness (QED) is 0.534. The number of hydrogen-bond donors (Lipinski definition) is 0. The van der Waals surface area contributed by atoms with E-state index >= 15 is 0 Å². The van der Waals surface area contributed by atoms with Gasteiger partial charge in [0.25, 0.3) is 0 Å². The van der Waals surface area contributed by atoms with Crippen molar-refractivity contribution in [2.75, 3.05) is 12.4 Å². The smallest absolute Gasteiger partial charge is 0.119 e. The Bertz CT molecular complexity index is 638. The Morgan fingerprint density at radius 1 is 1.05 bits per heavy atom. The maximum absolute atomic E-state index is 8.61. The summed E-state index contributed by atoms with van der Waals surface area (Å²) in [6.07, 6.45) is 0.424. The van der Waals surface area contributed by atoms with E-state index in [1.54, 1.807) is 17.8 Å². The van der Waals surface area contributed by atoms with Crippen molar-refractivity contribution in [3.63, 3.8) is 0 Å². The molecule has 0 aliphatic rings. The fourth-order valence-corrected chi connectivity index (χ4v) is 2.81. The van der Waals surface area contributed by atoms with E-state index in [9.17, 15) is 0 Å². The summed E-state index contributed by atoms with van der Waals surface area (Å²) < 4.78 is 5.65. The van der Waals surface area contributed by atoms with Gasteiger partial charge < -0.3 is 4.74 Å². The van der Waals surface area contributed by atoms with Crippen LogP contribution in [0.3, 0.4) is 0 Å². The number of benzene rings is 2. The minimum absolute atomic E-state index is 0.424. The molecule has 0 aliphatic carbocycles. The summed E-state index contributed by atoms with van der Waals surface area (Å²) >= 11 is 13.5. The number of nitrogens with zero attached hydrogens (tertiary/aromatic N) is 1. The molecule has 2 nitrogen and oxygen atoms in total. The van der Waals surface area contributed by atoms with E-state index in [0.717, 1.165) is 22.0 Å². The average molecular weight is 338 g/mol. The summed E-state index contributed by atoms with van der Waals surface area (Å²) in [6, 6.07) is 15.3. The zero-order valence-electron chi connectivity index (χ0n) is 11.2. The first-order valence-corrected chi connectivity index (χ1v) is 8.10. The lowest BCUT2D eigenvalue weighted by atomic mass is 10.2. The third-order valence-corrected chi connectivity index (χ3v) is 4.42. The first-order chi connectivity index (χ1) is 10.2. The lowest BCUT2D eigenvalue weighted by Gasteiger charge is -2.07. The van der Waals surface area contributed by atoms with Crippen molar-refractivity contribution in [1.82, 2.24) is 0 Å². The molecule has 5 heteroatoms. The fraction of sp³-hybridized carbons (Fsp3) is 0.188. The molecule has 2 rings (SSSR count). The predicted octanol–water partition coefficient (Wildman–Crippen LogP) is 5.23. The van der Waals surface area contributed by atoms with E-state index < -0.39 is 0 Å². The minimum atomic E-state index is 0.424. The number of nitriles is 1. The van der Waals surface area contributed by atoms with Gasteiger partial charge in [0.2, 0.25) is 0 Å². The van der Waals surface area contributed by atoms with Gasteiger partial charge in [0.05, 0.1) is 29.1 Å². The van der Waals surface area contributed by atoms with Gasteiger partial charge in [-0.25, -0.2) is 0 Å². The van der Waals surface area contributed by atoms with E-state index in [-0.39, 0.29) is 0 Å². The Hall–Kier alpha value is -1.34. The highest BCUT2D eigenvalue weighted by atomic mass is 35.5. The first-order valence-electron chi connectivity index (χ1n) is 6.35. The van der Waals surface area contributed by atoms with Crippen molar-refractivity contribution in [1.29, 1.82) is 5.26 Å². The molecule has 0 amide bonds. The number of halogens is 2. The van der Waals surface area contributed by atoms with Crippen LogP contribution in [-0.2, 0) is 6.42 Å². The predicted molar refractivity (Wildman–Crippen MR) is 88.4 cm³/mol. The maximum Gasteiger partial charge on any atom is 0.119 e. The standard InChI is InChI=1S/C16H13Cl2NOS/c17-15-6-5-14(11-16(15)18)21-10-9-20-13-3-1-12(2-4-13)7-8-19/h1-6,11H,7,9-10H2. The topological polar surface area (TPSA) is 33.0 Å². The van der Waals surface area contributed by atoms with Gasteiger partial charge in [-0.1, -0.05) is 35.3 Å². The molecule has 0 bridgehead atoms. The zero-order chi connectivity index (χ0) is 15.1. The molecule has 0 atom stereocenters. The molecule has 0 fully saturated rings.